The lowest BCUT2D eigenvalue weighted by Crippen LogP contribution is -2.44. The fraction of sp³-hybridized carbons (Fsp3) is 0.500. The van der Waals surface area contributed by atoms with Crippen molar-refractivity contribution in [3.63, 3.8) is 0 Å². The van der Waals surface area contributed by atoms with Crippen molar-refractivity contribution < 1.29 is 9.59 Å². The first-order valence-electron chi connectivity index (χ1n) is 8.41. The number of piperidine rings is 1. The van der Waals surface area contributed by atoms with E-state index in [1.807, 2.05) is 17.9 Å². The van der Waals surface area contributed by atoms with Gasteiger partial charge in [0.2, 0.25) is 5.91 Å². The van der Waals surface area contributed by atoms with Gasteiger partial charge in [0.1, 0.15) is 5.71 Å². The quantitative estimate of drug-likeness (QED) is 0.823. The van der Waals surface area contributed by atoms with E-state index in [4.69, 9.17) is 11.6 Å². The number of aryl methyl sites for hydroxylation is 1. The number of carbonyl (C=O) groups excluding carboxylic acids is 2. The third-order valence-electron chi connectivity index (χ3n) is 4.75. The van der Waals surface area contributed by atoms with Crippen molar-refractivity contribution in [2.75, 3.05) is 18.1 Å². The number of amides is 2. The number of carbonyl (C=O) groups is 2. The van der Waals surface area contributed by atoms with Crippen LogP contribution in [-0.4, -0.2) is 35.5 Å². The van der Waals surface area contributed by atoms with Crippen LogP contribution in [0.1, 0.15) is 38.2 Å². The lowest BCUT2D eigenvalue weighted by atomic mass is 9.98. The van der Waals surface area contributed by atoms with Crippen LogP contribution < -0.4 is 5.01 Å². The predicted molar refractivity (Wildman–Crippen MR) is 95.3 cm³/mol. The van der Waals surface area contributed by atoms with Gasteiger partial charge in [-0.2, -0.15) is 5.10 Å². The Kier molecular flexibility index (Phi) is 4.90. The van der Waals surface area contributed by atoms with Crippen molar-refractivity contribution in [2.45, 2.75) is 39.5 Å². The summed E-state index contributed by atoms with van der Waals surface area (Å²) >= 11 is 6.15. The second-order valence-corrected chi connectivity index (χ2v) is 7.07. The fourth-order valence-electron chi connectivity index (χ4n) is 3.02. The number of likely N-dealkylation sites (tertiary alicyclic amines) is 1. The van der Waals surface area contributed by atoms with Gasteiger partial charge in [-0.05, 0) is 43.4 Å². The second kappa shape index (κ2) is 6.93. The molecule has 2 aliphatic rings. The van der Waals surface area contributed by atoms with Crippen molar-refractivity contribution in [2.24, 2.45) is 11.0 Å². The molecule has 2 amide bonds. The van der Waals surface area contributed by atoms with Crippen LogP contribution in [0.25, 0.3) is 0 Å². The first-order valence-corrected chi connectivity index (χ1v) is 8.79. The molecule has 0 N–H and O–H groups in total. The molecule has 128 valence electrons. The maximum Gasteiger partial charge on any atom is 0.270 e. The van der Waals surface area contributed by atoms with Crippen molar-refractivity contribution in [1.29, 1.82) is 0 Å². The van der Waals surface area contributed by atoms with Crippen LogP contribution >= 0.6 is 11.6 Å². The van der Waals surface area contributed by atoms with Gasteiger partial charge in [0.05, 0.1) is 5.69 Å². The summed E-state index contributed by atoms with van der Waals surface area (Å²) in [6.45, 7) is 5.65. The van der Waals surface area contributed by atoms with Crippen LogP contribution in [0.4, 0.5) is 5.69 Å². The fourth-order valence-corrected chi connectivity index (χ4v) is 3.19. The van der Waals surface area contributed by atoms with Gasteiger partial charge in [0, 0.05) is 31.0 Å². The molecule has 0 aliphatic carbocycles. The molecule has 0 radical (unpaired) electrons. The lowest BCUT2D eigenvalue weighted by molar-refractivity contribution is -0.125. The molecule has 0 atom stereocenters. The van der Waals surface area contributed by atoms with Gasteiger partial charge in [-0.15, -0.1) is 0 Å². The van der Waals surface area contributed by atoms with Crippen molar-refractivity contribution in [3.05, 3.63) is 28.8 Å². The van der Waals surface area contributed by atoms with Crippen LogP contribution in [0.3, 0.4) is 0 Å². The molecule has 24 heavy (non-hydrogen) atoms. The third kappa shape index (κ3) is 3.46. The largest absolute Gasteiger partial charge is 0.338 e. The number of rotatable bonds is 2. The smallest absolute Gasteiger partial charge is 0.270 e. The molecule has 1 fully saturated rings. The highest BCUT2D eigenvalue weighted by Crippen LogP contribution is 2.26. The first-order chi connectivity index (χ1) is 11.5. The molecule has 1 aromatic carbocycles. The molecule has 0 unspecified atom stereocenters. The van der Waals surface area contributed by atoms with Gasteiger partial charge in [-0.1, -0.05) is 24.6 Å². The summed E-state index contributed by atoms with van der Waals surface area (Å²) < 4.78 is 0. The number of hydrazone groups is 1. The van der Waals surface area contributed by atoms with E-state index in [1.165, 1.54) is 5.01 Å². The van der Waals surface area contributed by atoms with Gasteiger partial charge in [0.25, 0.3) is 5.91 Å². The Morgan fingerprint density at radius 2 is 1.96 bits per heavy atom. The summed E-state index contributed by atoms with van der Waals surface area (Å²) in [7, 11) is 0. The summed E-state index contributed by atoms with van der Waals surface area (Å²) in [6, 6.07) is 5.37. The predicted octanol–water partition coefficient (Wildman–Crippen LogP) is 3.39. The molecular weight excluding hydrogens is 326 g/mol. The number of benzene rings is 1. The van der Waals surface area contributed by atoms with Gasteiger partial charge in [0.15, 0.2) is 0 Å². The Hall–Kier alpha value is -1.88. The van der Waals surface area contributed by atoms with Crippen LogP contribution in [0.15, 0.2) is 23.3 Å². The Morgan fingerprint density at radius 1 is 1.25 bits per heavy atom. The minimum atomic E-state index is -0.112. The molecule has 6 heteroatoms. The average Bonchev–Trinajstić information content (AvgIpc) is 2.58. The summed E-state index contributed by atoms with van der Waals surface area (Å²) in [5, 5.41) is 6.25. The summed E-state index contributed by atoms with van der Waals surface area (Å²) in [5.41, 5.74) is 2.00. The van der Waals surface area contributed by atoms with E-state index >= 15 is 0 Å². The van der Waals surface area contributed by atoms with E-state index in [2.05, 4.69) is 12.0 Å². The van der Waals surface area contributed by atoms with E-state index < -0.39 is 0 Å². The second-order valence-electron chi connectivity index (χ2n) is 6.66. The first kappa shape index (κ1) is 17.0. The molecule has 1 aromatic rings. The number of halogens is 1. The molecule has 0 bridgehead atoms. The normalized spacial score (nSPS) is 19.5. The Labute approximate surface area is 147 Å². The highest BCUT2D eigenvalue weighted by molar-refractivity contribution is 6.40. The zero-order chi connectivity index (χ0) is 17.3. The summed E-state index contributed by atoms with van der Waals surface area (Å²) in [5.74, 6) is 0.506. The highest BCUT2D eigenvalue weighted by Gasteiger charge is 2.29. The van der Waals surface area contributed by atoms with Gasteiger partial charge in [-0.3, -0.25) is 9.59 Å². The molecule has 5 nitrogen and oxygen atoms in total. The SMILES string of the molecule is Cc1ccc(N2N=C(C(=O)N3CCC(C)CC3)CCC2=O)cc1Cl. The number of anilines is 1. The summed E-state index contributed by atoms with van der Waals surface area (Å²) in [6.07, 6.45) is 2.74. The Bertz CT molecular complexity index is 694. The molecule has 0 saturated carbocycles. The summed E-state index contributed by atoms with van der Waals surface area (Å²) in [4.78, 5) is 26.8. The zero-order valence-electron chi connectivity index (χ0n) is 14.1. The lowest BCUT2D eigenvalue weighted by Gasteiger charge is -2.32. The molecule has 0 spiro atoms. The number of hydrogen-bond acceptors (Lipinski definition) is 3. The minimum absolute atomic E-state index is 0.0439. The maximum absolute atomic E-state index is 12.7. The highest BCUT2D eigenvalue weighted by atomic mass is 35.5. The molecule has 2 heterocycles. The molecule has 1 saturated heterocycles. The van der Waals surface area contributed by atoms with E-state index in [0.717, 1.165) is 31.5 Å². The Morgan fingerprint density at radius 3 is 2.62 bits per heavy atom. The Balaban J connectivity index is 1.82. The number of hydrogen-bond donors (Lipinski definition) is 0. The topological polar surface area (TPSA) is 53.0 Å². The molecule has 3 rings (SSSR count). The van der Waals surface area contributed by atoms with Gasteiger partial charge in [-0.25, -0.2) is 5.01 Å². The molecular formula is C18H22ClN3O2. The van der Waals surface area contributed by atoms with Gasteiger partial charge >= 0.3 is 0 Å². The van der Waals surface area contributed by atoms with Crippen LogP contribution in [0, 0.1) is 12.8 Å². The van der Waals surface area contributed by atoms with E-state index in [1.54, 1.807) is 12.1 Å². The molecule has 2 aliphatic heterocycles. The average molecular weight is 348 g/mol. The van der Waals surface area contributed by atoms with Crippen LogP contribution in [0.5, 0.6) is 0 Å². The van der Waals surface area contributed by atoms with Crippen molar-refractivity contribution >= 4 is 34.8 Å². The van der Waals surface area contributed by atoms with E-state index in [9.17, 15) is 9.59 Å². The zero-order valence-corrected chi connectivity index (χ0v) is 14.8. The minimum Gasteiger partial charge on any atom is -0.338 e. The maximum atomic E-state index is 12.7. The van der Waals surface area contributed by atoms with Crippen LogP contribution in [0.2, 0.25) is 5.02 Å². The number of nitrogens with zero attached hydrogens (tertiary/aromatic N) is 3. The van der Waals surface area contributed by atoms with E-state index in [0.29, 0.717) is 35.2 Å². The van der Waals surface area contributed by atoms with E-state index in [-0.39, 0.29) is 11.8 Å². The van der Waals surface area contributed by atoms with Crippen LogP contribution in [-0.2, 0) is 9.59 Å². The third-order valence-corrected chi connectivity index (χ3v) is 5.16. The van der Waals surface area contributed by atoms with Crippen molar-refractivity contribution in [3.8, 4) is 0 Å². The van der Waals surface area contributed by atoms with Gasteiger partial charge < -0.3 is 4.90 Å². The molecule has 0 aromatic heterocycles. The van der Waals surface area contributed by atoms with Crippen molar-refractivity contribution in [1.82, 2.24) is 4.90 Å². The standard InChI is InChI=1S/C18H22ClN3O2/c1-12-7-9-21(10-8-12)18(24)16-5-6-17(23)22(20-16)14-4-3-13(2)15(19)11-14/h3-4,11-12H,5-10H2,1-2H3. The monoisotopic (exact) mass is 347 g/mol.